The molecule has 5 heteroatoms. The van der Waals surface area contributed by atoms with E-state index in [4.69, 9.17) is 0 Å². The summed E-state index contributed by atoms with van der Waals surface area (Å²) in [5.74, 6) is 1.07. The summed E-state index contributed by atoms with van der Waals surface area (Å²) in [6, 6.07) is 0.466. The van der Waals surface area contributed by atoms with Gasteiger partial charge in [-0.3, -0.25) is 0 Å². The largest absolute Gasteiger partial charge is 0.312 e. The van der Waals surface area contributed by atoms with E-state index in [0.29, 0.717) is 17.2 Å². The third-order valence-corrected chi connectivity index (χ3v) is 4.37. The van der Waals surface area contributed by atoms with Crippen LogP contribution in [0.3, 0.4) is 0 Å². The highest BCUT2D eigenvalue weighted by Crippen LogP contribution is 2.51. The molecule has 2 aromatic rings. The summed E-state index contributed by atoms with van der Waals surface area (Å²) >= 11 is 0. The highest BCUT2D eigenvalue weighted by Gasteiger charge is 2.41. The third-order valence-electron chi connectivity index (χ3n) is 4.37. The van der Waals surface area contributed by atoms with Crippen molar-refractivity contribution >= 4 is 11.2 Å². The van der Waals surface area contributed by atoms with Gasteiger partial charge in [-0.1, -0.05) is 6.42 Å². The van der Waals surface area contributed by atoms with E-state index in [9.17, 15) is 4.39 Å². The van der Waals surface area contributed by atoms with E-state index in [1.54, 1.807) is 6.33 Å². The maximum Gasteiger partial charge on any atom is 0.244 e. The minimum Gasteiger partial charge on any atom is -0.312 e. The van der Waals surface area contributed by atoms with Crippen molar-refractivity contribution in [2.24, 2.45) is 11.8 Å². The molecule has 0 unspecified atom stereocenters. The van der Waals surface area contributed by atoms with Gasteiger partial charge in [-0.05, 0) is 31.1 Å². The van der Waals surface area contributed by atoms with Crippen molar-refractivity contribution in [1.29, 1.82) is 0 Å². The highest BCUT2D eigenvalue weighted by atomic mass is 19.1. The Balaban J connectivity index is 1.84. The maximum absolute atomic E-state index is 13.4. The molecule has 2 saturated carbocycles. The summed E-state index contributed by atoms with van der Waals surface area (Å²) in [5.41, 5.74) is 0.949. The number of halogens is 1. The summed E-state index contributed by atoms with van der Waals surface area (Å²) in [4.78, 5) is 11.8. The Morgan fingerprint density at radius 2 is 2.12 bits per heavy atom. The van der Waals surface area contributed by atoms with Gasteiger partial charge in [-0.25, -0.2) is 15.0 Å². The number of fused-ring (bicyclic) bond motifs is 3. The summed E-state index contributed by atoms with van der Waals surface area (Å²) in [5, 5.41) is 0. The Hall–Kier alpha value is -1.52. The lowest BCUT2D eigenvalue weighted by molar-refractivity contribution is 0.334. The van der Waals surface area contributed by atoms with Gasteiger partial charge in [0.05, 0.1) is 6.33 Å². The maximum atomic E-state index is 13.4. The molecule has 0 radical (unpaired) electrons. The molecule has 0 aliphatic heterocycles. The van der Waals surface area contributed by atoms with Gasteiger partial charge in [0.2, 0.25) is 5.95 Å². The summed E-state index contributed by atoms with van der Waals surface area (Å²) in [7, 11) is 0. The molecule has 2 aliphatic rings. The Labute approximate surface area is 97.9 Å². The quantitative estimate of drug-likeness (QED) is 0.709. The zero-order chi connectivity index (χ0) is 11.4. The van der Waals surface area contributed by atoms with Crippen molar-refractivity contribution in [3.63, 3.8) is 0 Å². The van der Waals surface area contributed by atoms with Gasteiger partial charge >= 0.3 is 0 Å². The lowest BCUT2D eigenvalue weighted by Gasteiger charge is -2.23. The lowest BCUT2D eigenvalue weighted by atomic mass is 9.95. The first-order valence-electron chi connectivity index (χ1n) is 6.16. The zero-order valence-electron chi connectivity index (χ0n) is 9.38. The first kappa shape index (κ1) is 9.50. The second-order valence-corrected chi connectivity index (χ2v) is 5.23. The highest BCUT2D eigenvalue weighted by molar-refractivity contribution is 5.69. The molecule has 2 heterocycles. The molecule has 88 valence electrons. The van der Waals surface area contributed by atoms with Crippen molar-refractivity contribution in [3.8, 4) is 0 Å². The molecule has 4 rings (SSSR count). The SMILES string of the molecule is Fc1ncnc2c1ncn2[C@@H]1C[C@H]2CC[C@@H]1C2. The van der Waals surface area contributed by atoms with E-state index in [1.807, 2.05) is 0 Å². The second kappa shape index (κ2) is 3.24. The van der Waals surface area contributed by atoms with Crippen molar-refractivity contribution < 1.29 is 4.39 Å². The molecule has 0 spiro atoms. The number of imidazole rings is 1. The summed E-state index contributed by atoms with van der Waals surface area (Å²) < 4.78 is 15.5. The van der Waals surface area contributed by atoms with E-state index in [2.05, 4.69) is 19.5 Å². The number of hydrogen-bond acceptors (Lipinski definition) is 3. The number of aromatic nitrogens is 4. The molecule has 2 aliphatic carbocycles. The van der Waals surface area contributed by atoms with Crippen LogP contribution in [-0.4, -0.2) is 19.5 Å². The molecule has 0 amide bonds. The minimum atomic E-state index is -0.517. The van der Waals surface area contributed by atoms with Crippen LogP contribution in [0.2, 0.25) is 0 Å². The molecule has 2 aromatic heterocycles. The fraction of sp³-hybridized carbons (Fsp3) is 0.583. The molecular weight excluding hydrogens is 219 g/mol. The van der Waals surface area contributed by atoms with Crippen molar-refractivity contribution in [2.45, 2.75) is 31.7 Å². The van der Waals surface area contributed by atoms with E-state index in [1.165, 1.54) is 32.0 Å². The molecule has 3 atom stereocenters. The molecule has 4 nitrogen and oxygen atoms in total. The van der Waals surface area contributed by atoms with Crippen LogP contribution in [0.15, 0.2) is 12.7 Å². The van der Waals surface area contributed by atoms with Crippen LogP contribution in [-0.2, 0) is 0 Å². The summed E-state index contributed by atoms with van der Waals surface area (Å²) in [6.07, 6.45) is 8.18. The van der Waals surface area contributed by atoms with Gasteiger partial charge in [-0.15, -0.1) is 0 Å². The Morgan fingerprint density at radius 3 is 2.88 bits per heavy atom. The lowest BCUT2D eigenvalue weighted by Crippen LogP contribution is -2.15. The molecular formula is C12H13FN4. The molecule has 2 fully saturated rings. The number of hydrogen-bond donors (Lipinski definition) is 0. The topological polar surface area (TPSA) is 43.6 Å². The van der Waals surface area contributed by atoms with Crippen LogP contribution in [0.1, 0.15) is 31.7 Å². The fourth-order valence-corrected chi connectivity index (χ4v) is 3.62. The van der Waals surface area contributed by atoms with Crippen molar-refractivity contribution in [1.82, 2.24) is 19.5 Å². The van der Waals surface area contributed by atoms with E-state index >= 15 is 0 Å². The zero-order valence-corrected chi connectivity index (χ0v) is 9.38. The van der Waals surface area contributed by atoms with Crippen LogP contribution in [0.5, 0.6) is 0 Å². The normalized spacial score (nSPS) is 31.5. The first-order valence-corrected chi connectivity index (χ1v) is 6.16. The number of nitrogens with zero attached hydrogens (tertiary/aromatic N) is 4. The summed E-state index contributed by atoms with van der Waals surface area (Å²) in [6.45, 7) is 0. The molecule has 17 heavy (non-hydrogen) atoms. The van der Waals surface area contributed by atoms with E-state index in [0.717, 1.165) is 11.8 Å². The first-order chi connectivity index (χ1) is 8.33. The van der Waals surface area contributed by atoms with Crippen LogP contribution in [0.25, 0.3) is 11.2 Å². The minimum absolute atomic E-state index is 0.301. The number of rotatable bonds is 1. The Bertz CT molecular complexity index is 579. The van der Waals surface area contributed by atoms with Gasteiger partial charge in [0.25, 0.3) is 0 Å². The van der Waals surface area contributed by atoms with Gasteiger partial charge in [0, 0.05) is 6.04 Å². The predicted molar refractivity (Wildman–Crippen MR) is 59.8 cm³/mol. The molecule has 0 saturated heterocycles. The third kappa shape index (κ3) is 1.25. The van der Waals surface area contributed by atoms with Crippen LogP contribution < -0.4 is 0 Å². The molecule has 2 bridgehead atoms. The average Bonchev–Trinajstić information content (AvgIpc) is 3.03. The average molecular weight is 232 g/mol. The monoisotopic (exact) mass is 232 g/mol. The van der Waals surface area contributed by atoms with Crippen molar-refractivity contribution in [2.75, 3.05) is 0 Å². The fourth-order valence-electron chi connectivity index (χ4n) is 3.62. The Morgan fingerprint density at radius 1 is 1.18 bits per heavy atom. The van der Waals surface area contributed by atoms with Gasteiger partial charge in [0.15, 0.2) is 11.2 Å². The molecule has 0 aromatic carbocycles. The van der Waals surface area contributed by atoms with Gasteiger partial charge in [0.1, 0.15) is 6.33 Å². The van der Waals surface area contributed by atoms with Crippen LogP contribution >= 0.6 is 0 Å². The smallest absolute Gasteiger partial charge is 0.244 e. The second-order valence-electron chi connectivity index (χ2n) is 5.23. The predicted octanol–water partition coefficient (Wildman–Crippen LogP) is 2.33. The van der Waals surface area contributed by atoms with E-state index in [-0.39, 0.29) is 0 Å². The standard InChI is InChI=1S/C12H13FN4/c13-11-10-12(15-5-14-11)17(6-16-10)9-4-7-1-2-8(9)3-7/h5-9H,1-4H2/t7-,8+,9+/m0/s1. The Kier molecular flexibility index (Phi) is 1.81. The van der Waals surface area contributed by atoms with Crippen LogP contribution in [0, 0.1) is 17.8 Å². The van der Waals surface area contributed by atoms with E-state index < -0.39 is 5.95 Å². The van der Waals surface area contributed by atoms with Gasteiger partial charge < -0.3 is 4.57 Å². The van der Waals surface area contributed by atoms with Crippen molar-refractivity contribution in [3.05, 3.63) is 18.6 Å². The molecule has 0 N–H and O–H groups in total. The van der Waals surface area contributed by atoms with Gasteiger partial charge in [-0.2, -0.15) is 4.39 Å². The van der Waals surface area contributed by atoms with Crippen LogP contribution in [0.4, 0.5) is 4.39 Å².